The van der Waals surface area contributed by atoms with Crippen molar-refractivity contribution >= 4 is 26.8 Å². The molecule has 0 radical (unpaired) electrons. The van der Waals surface area contributed by atoms with Crippen molar-refractivity contribution in [3.63, 3.8) is 0 Å². The summed E-state index contributed by atoms with van der Waals surface area (Å²) in [6, 6.07) is 3.79. The minimum absolute atomic E-state index is 0.321. The minimum atomic E-state index is 0.321. The molecule has 1 saturated carbocycles. The number of nitrogens with one attached hydrogen (secondary N) is 1. The van der Waals surface area contributed by atoms with Gasteiger partial charge in [-0.25, -0.2) is 0 Å². The van der Waals surface area contributed by atoms with Crippen LogP contribution in [0.15, 0.2) is 22.8 Å². The zero-order valence-electron chi connectivity index (χ0n) is 7.55. The average Bonchev–Trinajstić information content (AvgIpc) is 2.87. The predicted molar refractivity (Wildman–Crippen MR) is 59.6 cm³/mol. The molecular weight excluding hydrogens is 242 g/mol. The zero-order valence-corrected chi connectivity index (χ0v) is 9.13. The number of phenols is 1. The largest absolute Gasteiger partial charge is 0.506 e. The van der Waals surface area contributed by atoms with Gasteiger partial charge in [-0.3, -0.25) is 0 Å². The maximum absolute atomic E-state index is 9.71. The van der Waals surface area contributed by atoms with Gasteiger partial charge in [0.1, 0.15) is 5.75 Å². The molecule has 1 heterocycles. The number of benzene rings is 1. The molecule has 72 valence electrons. The Morgan fingerprint density at radius 3 is 2.86 bits per heavy atom. The van der Waals surface area contributed by atoms with Gasteiger partial charge in [0.15, 0.2) is 0 Å². The summed E-state index contributed by atoms with van der Waals surface area (Å²) in [7, 11) is 0. The number of rotatable bonds is 1. The standard InChI is InChI=1S/C11H10BrNO/c12-7-3-8-9(6-1-2-6)5-13-11(8)10(14)4-7/h3-6,13-14H,1-2H2. The number of hydrogen-bond donors (Lipinski definition) is 2. The molecule has 0 bridgehead atoms. The first-order valence-electron chi connectivity index (χ1n) is 4.75. The van der Waals surface area contributed by atoms with E-state index in [4.69, 9.17) is 0 Å². The van der Waals surface area contributed by atoms with E-state index in [1.807, 2.05) is 6.20 Å². The lowest BCUT2D eigenvalue weighted by Gasteiger charge is -1.98. The first-order valence-corrected chi connectivity index (χ1v) is 5.54. The van der Waals surface area contributed by atoms with Gasteiger partial charge in [0.25, 0.3) is 0 Å². The van der Waals surface area contributed by atoms with Gasteiger partial charge in [-0.1, -0.05) is 15.9 Å². The van der Waals surface area contributed by atoms with Crippen LogP contribution >= 0.6 is 15.9 Å². The fourth-order valence-corrected chi connectivity index (χ4v) is 2.38. The molecule has 1 aliphatic rings. The van der Waals surface area contributed by atoms with Crippen molar-refractivity contribution in [1.82, 2.24) is 4.98 Å². The highest BCUT2D eigenvalue weighted by Crippen LogP contribution is 2.44. The molecule has 1 aromatic heterocycles. The van der Waals surface area contributed by atoms with E-state index >= 15 is 0 Å². The summed E-state index contributed by atoms with van der Waals surface area (Å²) >= 11 is 3.40. The number of aromatic amines is 1. The van der Waals surface area contributed by atoms with Crippen molar-refractivity contribution in [2.45, 2.75) is 18.8 Å². The van der Waals surface area contributed by atoms with Crippen LogP contribution in [0.3, 0.4) is 0 Å². The van der Waals surface area contributed by atoms with Crippen molar-refractivity contribution in [3.05, 3.63) is 28.4 Å². The van der Waals surface area contributed by atoms with Crippen LogP contribution in [0.2, 0.25) is 0 Å². The molecule has 2 aromatic rings. The summed E-state index contributed by atoms with van der Waals surface area (Å²) in [5.41, 5.74) is 2.20. The maximum atomic E-state index is 9.71. The fraction of sp³-hybridized carbons (Fsp3) is 0.273. The Morgan fingerprint density at radius 1 is 1.36 bits per heavy atom. The predicted octanol–water partition coefficient (Wildman–Crippen LogP) is 3.51. The van der Waals surface area contributed by atoms with Crippen molar-refractivity contribution in [1.29, 1.82) is 0 Å². The number of aromatic hydroxyl groups is 1. The molecule has 1 fully saturated rings. The molecule has 1 aliphatic carbocycles. The Morgan fingerprint density at radius 2 is 2.14 bits per heavy atom. The maximum Gasteiger partial charge on any atom is 0.140 e. The third-order valence-electron chi connectivity index (χ3n) is 2.78. The summed E-state index contributed by atoms with van der Waals surface area (Å²) in [5, 5.41) is 10.9. The van der Waals surface area contributed by atoms with Gasteiger partial charge >= 0.3 is 0 Å². The molecule has 0 unspecified atom stereocenters. The van der Waals surface area contributed by atoms with Crippen LogP contribution in [0.1, 0.15) is 24.3 Å². The molecule has 0 amide bonds. The number of halogens is 1. The van der Waals surface area contributed by atoms with E-state index in [1.165, 1.54) is 18.4 Å². The number of fused-ring (bicyclic) bond motifs is 1. The molecule has 0 atom stereocenters. The second-order valence-corrected chi connectivity index (χ2v) is 4.78. The van der Waals surface area contributed by atoms with Gasteiger partial charge < -0.3 is 10.1 Å². The average molecular weight is 252 g/mol. The Balaban J connectivity index is 2.33. The van der Waals surface area contributed by atoms with Crippen LogP contribution in [-0.2, 0) is 0 Å². The zero-order chi connectivity index (χ0) is 9.71. The lowest BCUT2D eigenvalue weighted by atomic mass is 10.1. The minimum Gasteiger partial charge on any atom is -0.506 e. The third-order valence-corrected chi connectivity index (χ3v) is 3.24. The third kappa shape index (κ3) is 1.16. The first-order chi connectivity index (χ1) is 6.75. The molecule has 14 heavy (non-hydrogen) atoms. The summed E-state index contributed by atoms with van der Waals surface area (Å²) in [6.07, 6.45) is 4.58. The molecular formula is C11H10BrNO. The topological polar surface area (TPSA) is 36.0 Å². The fourth-order valence-electron chi connectivity index (χ4n) is 1.93. The van der Waals surface area contributed by atoms with Gasteiger partial charge in [0, 0.05) is 16.1 Å². The van der Waals surface area contributed by atoms with Crippen LogP contribution in [0.5, 0.6) is 5.75 Å². The highest BCUT2D eigenvalue weighted by Gasteiger charge is 2.26. The number of phenolic OH excluding ortho intramolecular Hbond substituents is 1. The van der Waals surface area contributed by atoms with Crippen molar-refractivity contribution in [3.8, 4) is 5.75 Å². The first kappa shape index (κ1) is 8.36. The van der Waals surface area contributed by atoms with Crippen LogP contribution < -0.4 is 0 Å². The van der Waals surface area contributed by atoms with Gasteiger partial charge in [0.2, 0.25) is 0 Å². The van der Waals surface area contributed by atoms with Crippen LogP contribution in [-0.4, -0.2) is 10.1 Å². The Bertz CT molecular complexity index is 499. The molecule has 0 aliphatic heterocycles. The van der Waals surface area contributed by atoms with Crippen LogP contribution in [0.4, 0.5) is 0 Å². The molecule has 3 heteroatoms. The van der Waals surface area contributed by atoms with Gasteiger partial charge in [-0.15, -0.1) is 0 Å². The second kappa shape index (κ2) is 2.76. The monoisotopic (exact) mass is 251 g/mol. The molecule has 2 nitrogen and oxygen atoms in total. The normalized spacial score (nSPS) is 16.4. The quantitative estimate of drug-likeness (QED) is 0.800. The van der Waals surface area contributed by atoms with E-state index in [0.29, 0.717) is 11.7 Å². The molecule has 2 N–H and O–H groups in total. The summed E-state index contributed by atoms with van der Waals surface area (Å²) in [4.78, 5) is 3.13. The highest BCUT2D eigenvalue weighted by molar-refractivity contribution is 9.10. The SMILES string of the molecule is Oc1cc(Br)cc2c(C3CC3)c[nH]c12. The summed E-state index contributed by atoms with van der Waals surface area (Å²) < 4.78 is 0.934. The summed E-state index contributed by atoms with van der Waals surface area (Å²) in [6.45, 7) is 0. The van der Waals surface area contributed by atoms with E-state index in [1.54, 1.807) is 6.07 Å². The van der Waals surface area contributed by atoms with E-state index in [9.17, 15) is 5.11 Å². The molecule has 0 spiro atoms. The van der Waals surface area contributed by atoms with E-state index in [-0.39, 0.29) is 0 Å². The van der Waals surface area contributed by atoms with Gasteiger partial charge in [0.05, 0.1) is 5.52 Å². The number of H-pyrrole nitrogens is 1. The van der Waals surface area contributed by atoms with E-state index < -0.39 is 0 Å². The van der Waals surface area contributed by atoms with E-state index in [2.05, 4.69) is 27.0 Å². The lowest BCUT2D eigenvalue weighted by molar-refractivity contribution is 0.480. The lowest BCUT2D eigenvalue weighted by Crippen LogP contribution is -1.76. The van der Waals surface area contributed by atoms with Gasteiger partial charge in [-0.2, -0.15) is 0 Å². The van der Waals surface area contributed by atoms with Crippen molar-refractivity contribution in [2.24, 2.45) is 0 Å². The second-order valence-electron chi connectivity index (χ2n) is 3.87. The highest BCUT2D eigenvalue weighted by atomic mass is 79.9. The van der Waals surface area contributed by atoms with E-state index in [0.717, 1.165) is 15.4 Å². The van der Waals surface area contributed by atoms with Crippen LogP contribution in [0, 0.1) is 0 Å². The number of aromatic nitrogens is 1. The molecule has 0 saturated heterocycles. The number of hydrogen-bond acceptors (Lipinski definition) is 1. The molecule has 1 aromatic carbocycles. The molecule has 3 rings (SSSR count). The summed E-state index contributed by atoms with van der Waals surface area (Å²) in [5.74, 6) is 1.03. The Labute approximate surface area is 90.1 Å². The van der Waals surface area contributed by atoms with Gasteiger partial charge in [-0.05, 0) is 36.5 Å². The van der Waals surface area contributed by atoms with Crippen LogP contribution in [0.25, 0.3) is 10.9 Å². The smallest absolute Gasteiger partial charge is 0.140 e. The Hall–Kier alpha value is -0.960. The Kier molecular flexibility index (Phi) is 1.65. The van der Waals surface area contributed by atoms with Crippen molar-refractivity contribution in [2.75, 3.05) is 0 Å². The van der Waals surface area contributed by atoms with Crippen molar-refractivity contribution < 1.29 is 5.11 Å².